The van der Waals surface area contributed by atoms with Crippen molar-refractivity contribution in [2.24, 2.45) is 11.1 Å². The lowest BCUT2D eigenvalue weighted by Crippen LogP contribution is -2.37. The molecule has 0 spiro atoms. The quantitative estimate of drug-likeness (QED) is 0.866. The number of carbonyl (C=O) groups excluding carboxylic acids is 1. The van der Waals surface area contributed by atoms with Crippen molar-refractivity contribution >= 4 is 11.6 Å². The summed E-state index contributed by atoms with van der Waals surface area (Å²) >= 11 is 0. The minimum atomic E-state index is -0.541. The number of para-hydroxylation sites is 1. The fourth-order valence-electron chi connectivity index (χ4n) is 2.35. The van der Waals surface area contributed by atoms with E-state index in [0.29, 0.717) is 6.54 Å². The summed E-state index contributed by atoms with van der Waals surface area (Å²) < 4.78 is 0. The van der Waals surface area contributed by atoms with Crippen LogP contribution in [0.3, 0.4) is 0 Å². The molecule has 1 aliphatic rings. The van der Waals surface area contributed by atoms with Crippen molar-refractivity contribution in [2.45, 2.75) is 33.2 Å². The molecular formula is C16H25N3O. The predicted octanol–water partition coefficient (Wildman–Crippen LogP) is 2.21. The maximum atomic E-state index is 12.2. The maximum absolute atomic E-state index is 12.2. The first-order valence-electron chi connectivity index (χ1n) is 7.35. The number of nitrogens with zero attached hydrogens (tertiary/aromatic N) is 1. The molecule has 4 nitrogen and oxygen atoms in total. The minimum Gasteiger partial charge on any atom is -0.329 e. The van der Waals surface area contributed by atoms with Gasteiger partial charge in [0.25, 0.3) is 0 Å². The van der Waals surface area contributed by atoms with Gasteiger partial charge in [-0.3, -0.25) is 9.69 Å². The minimum absolute atomic E-state index is 0.0196. The van der Waals surface area contributed by atoms with E-state index >= 15 is 0 Å². The van der Waals surface area contributed by atoms with Crippen LogP contribution in [-0.2, 0) is 11.3 Å². The van der Waals surface area contributed by atoms with Crippen molar-refractivity contribution < 1.29 is 4.79 Å². The van der Waals surface area contributed by atoms with Gasteiger partial charge < -0.3 is 11.1 Å². The Kier molecular flexibility index (Phi) is 4.78. The van der Waals surface area contributed by atoms with Gasteiger partial charge in [-0.25, -0.2) is 0 Å². The predicted molar refractivity (Wildman–Crippen MR) is 82.4 cm³/mol. The highest BCUT2D eigenvalue weighted by Crippen LogP contribution is 2.22. The van der Waals surface area contributed by atoms with Crippen LogP contribution in [0.1, 0.15) is 32.3 Å². The largest absolute Gasteiger partial charge is 0.329 e. The molecule has 0 saturated carbocycles. The van der Waals surface area contributed by atoms with Crippen LogP contribution < -0.4 is 11.1 Å². The number of benzene rings is 1. The van der Waals surface area contributed by atoms with Gasteiger partial charge in [0.15, 0.2) is 0 Å². The zero-order valence-electron chi connectivity index (χ0n) is 12.5. The van der Waals surface area contributed by atoms with Crippen LogP contribution in [0.4, 0.5) is 5.69 Å². The van der Waals surface area contributed by atoms with Crippen molar-refractivity contribution in [1.82, 2.24) is 4.90 Å². The molecular weight excluding hydrogens is 250 g/mol. The number of anilines is 1. The van der Waals surface area contributed by atoms with Crippen LogP contribution in [0.2, 0.25) is 0 Å². The molecule has 0 radical (unpaired) electrons. The summed E-state index contributed by atoms with van der Waals surface area (Å²) in [5, 5.41) is 3.03. The molecule has 0 atom stereocenters. The number of rotatable bonds is 5. The summed E-state index contributed by atoms with van der Waals surface area (Å²) in [6, 6.07) is 8.03. The standard InChI is InChI=1S/C16H25N3O/c1-16(2,12-17)15(20)18-14-8-4-3-7-13(14)11-19-9-5-6-10-19/h3-4,7-8H,5-6,9-12,17H2,1-2H3,(H,18,20). The Morgan fingerprint density at radius 2 is 1.95 bits per heavy atom. The van der Waals surface area contributed by atoms with E-state index in [1.54, 1.807) is 0 Å². The third-order valence-corrected chi connectivity index (χ3v) is 3.98. The van der Waals surface area contributed by atoms with Gasteiger partial charge in [0.2, 0.25) is 5.91 Å². The lowest BCUT2D eigenvalue weighted by Gasteiger charge is -2.23. The fraction of sp³-hybridized carbons (Fsp3) is 0.562. The number of nitrogens with one attached hydrogen (secondary N) is 1. The number of likely N-dealkylation sites (tertiary alicyclic amines) is 1. The van der Waals surface area contributed by atoms with Gasteiger partial charge >= 0.3 is 0 Å². The van der Waals surface area contributed by atoms with Crippen LogP contribution in [-0.4, -0.2) is 30.4 Å². The number of nitrogens with two attached hydrogens (primary N) is 1. The van der Waals surface area contributed by atoms with E-state index in [4.69, 9.17) is 5.73 Å². The van der Waals surface area contributed by atoms with Crippen molar-refractivity contribution in [3.05, 3.63) is 29.8 Å². The van der Waals surface area contributed by atoms with E-state index in [9.17, 15) is 4.79 Å². The molecule has 1 fully saturated rings. The molecule has 0 aromatic heterocycles. The van der Waals surface area contributed by atoms with Gasteiger partial charge in [-0.15, -0.1) is 0 Å². The van der Waals surface area contributed by atoms with E-state index in [2.05, 4.69) is 16.3 Å². The SMILES string of the molecule is CC(C)(CN)C(=O)Nc1ccccc1CN1CCCC1. The Hall–Kier alpha value is -1.39. The van der Waals surface area contributed by atoms with Gasteiger partial charge in [-0.2, -0.15) is 0 Å². The Bertz CT molecular complexity index is 465. The fourth-order valence-corrected chi connectivity index (χ4v) is 2.35. The summed E-state index contributed by atoms with van der Waals surface area (Å²) in [5.41, 5.74) is 7.21. The first-order chi connectivity index (χ1) is 9.53. The second-order valence-corrected chi connectivity index (χ2v) is 6.18. The molecule has 2 rings (SSSR count). The van der Waals surface area contributed by atoms with E-state index < -0.39 is 5.41 Å². The lowest BCUT2D eigenvalue weighted by molar-refractivity contribution is -0.123. The molecule has 0 unspecified atom stereocenters. The molecule has 3 N–H and O–H groups in total. The van der Waals surface area contributed by atoms with Crippen molar-refractivity contribution in [2.75, 3.05) is 25.0 Å². The molecule has 1 amide bonds. The smallest absolute Gasteiger partial charge is 0.231 e. The molecule has 1 heterocycles. The first kappa shape index (κ1) is 15.0. The zero-order chi connectivity index (χ0) is 14.6. The maximum Gasteiger partial charge on any atom is 0.231 e. The molecule has 0 bridgehead atoms. The number of amides is 1. The zero-order valence-corrected chi connectivity index (χ0v) is 12.5. The average Bonchev–Trinajstić information content (AvgIpc) is 2.94. The Labute approximate surface area is 121 Å². The van der Waals surface area contributed by atoms with E-state index in [1.807, 2.05) is 32.0 Å². The Balaban J connectivity index is 2.09. The monoisotopic (exact) mass is 275 g/mol. The third-order valence-electron chi connectivity index (χ3n) is 3.98. The summed E-state index contributed by atoms with van der Waals surface area (Å²) in [6.07, 6.45) is 2.55. The molecule has 1 saturated heterocycles. The van der Waals surface area contributed by atoms with Gasteiger partial charge in [0, 0.05) is 18.8 Å². The van der Waals surface area contributed by atoms with Gasteiger partial charge in [-0.1, -0.05) is 18.2 Å². The highest BCUT2D eigenvalue weighted by atomic mass is 16.2. The normalized spacial score (nSPS) is 16.4. The number of hydrogen-bond donors (Lipinski definition) is 2. The molecule has 20 heavy (non-hydrogen) atoms. The van der Waals surface area contributed by atoms with Crippen LogP contribution >= 0.6 is 0 Å². The van der Waals surface area contributed by atoms with Crippen LogP contribution in [0.15, 0.2) is 24.3 Å². The highest BCUT2D eigenvalue weighted by molar-refractivity contribution is 5.95. The first-order valence-corrected chi connectivity index (χ1v) is 7.35. The van der Waals surface area contributed by atoms with Gasteiger partial charge in [0.05, 0.1) is 5.41 Å². The van der Waals surface area contributed by atoms with Crippen LogP contribution in [0.5, 0.6) is 0 Å². The van der Waals surface area contributed by atoms with Crippen molar-refractivity contribution in [1.29, 1.82) is 0 Å². The average molecular weight is 275 g/mol. The second-order valence-electron chi connectivity index (χ2n) is 6.18. The van der Waals surface area contributed by atoms with E-state index in [-0.39, 0.29) is 5.91 Å². The summed E-state index contributed by atoms with van der Waals surface area (Å²) in [4.78, 5) is 14.7. The summed E-state index contributed by atoms with van der Waals surface area (Å²) in [7, 11) is 0. The van der Waals surface area contributed by atoms with E-state index in [1.165, 1.54) is 18.4 Å². The van der Waals surface area contributed by atoms with Gasteiger partial charge in [-0.05, 0) is 51.4 Å². The van der Waals surface area contributed by atoms with E-state index in [0.717, 1.165) is 25.3 Å². The Morgan fingerprint density at radius 3 is 2.60 bits per heavy atom. The molecule has 4 heteroatoms. The molecule has 1 aromatic carbocycles. The highest BCUT2D eigenvalue weighted by Gasteiger charge is 2.26. The topological polar surface area (TPSA) is 58.4 Å². The lowest BCUT2D eigenvalue weighted by atomic mass is 9.92. The summed E-state index contributed by atoms with van der Waals surface area (Å²) in [5.74, 6) is -0.0196. The Morgan fingerprint density at radius 1 is 1.30 bits per heavy atom. The summed E-state index contributed by atoms with van der Waals surface area (Å²) in [6.45, 7) is 7.27. The van der Waals surface area contributed by atoms with Crippen molar-refractivity contribution in [3.8, 4) is 0 Å². The number of carbonyl (C=O) groups is 1. The molecule has 0 aliphatic carbocycles. The van der Waals surface area contributed by atoms with Crippen molar-refractivity contribution in [3.63, 3.8) is 0 Å². The molecule has 1 aromatic rings. The van der Waals surface area contributed by atoms with Crippen LogP contribution in [0, 0.1) is 5.41 Å². The number of hydrogen-bond acceptors (Lipinski definition) is 3. The van der Waals surface area contributed by atoms with Crippen LogP contribution in [0.25, 0.3) is 0 Å². The third kappa shape index (κ3) is 3.58. The molecule has 110 valence electrons. The van der Waals surface area contributed by atoms with Gasteiger partial charge in [0.1, 0.15) is 0 Å². The second kappa shape index (κ2) is 6.37. The molecule has 1 aliphatic heterocycles.